The van der Waals surface area contributed by atoms with Gasteiger partial charge in [-0.15, -0.1) is 0 Å². The average molecular weight is 657 g/mol. The summed E-state index contributed by atoms with van der Waals surface area (Å²) in [5, 5.41) is 7.82. The number of carbonyl (C=O) groups excluding carboxylic acids is 4. The first-order valence-corrected chi connectivity index (χ1v) is 15.4. The Hall–Kier alpha value is -4.55. The molecule has 3 N–H and O–H groups in total. The van der Waals surface area contributed by atoms with Crippen LogP contribution in [0.3, 0.4) is 0 Å². The Morgan fingerprint density at radius 3 is 2.48 bits per heavy atom. The molecule has 1 aromatic heterocycles. The molecular formula is C32H30BrN7O4. The third-order valence-electron chi connectivity index (χ3n) is 8.69. The maximum Gasteiger partial charge on any atom is 0.256 e. The van der Waals surface area contributed by atoms with Gasteiger partial charge in [-0.25, -0.2) is 4.68 Å². The zero-order chi connectivity index (χ0) is 30.5. The maximum atomic E-state index is 13.2. The summed E-state index contributed by atoms with van der Waals surface area (Å²) in [6, 6.07) is 17.1. The minimum atomic E-state index is -0.626. The Balaban J connectivity index is 0.984. The number of hydrogen-bond donors (Lipinski definition) is 2. The van der Waals surface area contributed by atoms with Crippen LogP contribution in [0.4, 0.5) is 5.69 Å². The lowest BCUT2D eigenvalue weighted by Gasteiger charge is -2.36. The molecule has 2 saturated heterocycles. The lowest BCUT2D eigenvalue weighted by Crippen LogP contribution is -2.52. The number of primary amides is 1. The highest BCUT2D eigenvalue weighted by molar-refractivity contribution is 9.10. The molecule has 224 valence electrons. The number of rotatable bonds is 6. The van der Waals surface area contributed by atoms with Crippen LogP contribution in [0.2, 0.25) is 0 Å². The van der Waals surface area contributed by atoms with Crippen molar-refractivity contribution in [1.82, 2.24) is 24.9 Å². The quantitative estimate of drug-likeness (QED) is 0.305. The molecule has 3 aliphatic heterocycles. The van der Waals surface area contributed by atoms with Gasteiger partial charge < -0.3 is 15.5 Å². The molecule has 3 aliphatic rings. The van der Waals surface area contributed by atoms with Crippen LogP contribution < -0.4 is 16.0 Å². The number of piperidine rings is 1. The molecule has 4 heterocycles. The fourth-order valence-corrected chi connectivity index (χ4v) is 7.15. The molecule has 0 spiro atoms. The summed E-state index contributed by atoms with van der Waals surface area (Å²) < 4.78 is 2.50. The van der Waals surface area contributed by atoms with Crippen LogP contribution in [0, 0.1) is 0 Å². The van der Waals surface area contributed by atoms with Crippen LogP contribution in [-0.4, -0.2) is 75.4 Å². The van der Waals surface area contributed by atoms with Gasteiger partial charge in [0.05, 0.1) is 16.8 Å². The van der Waals surface area contributed by atoms with E-state index in [-0.39, 0.29) is 18.2 Å². The number of nitrogens with one attached hydrogen (secondary N) is 1. The molecule has 7 rings (SSSR count). The summed E-state index contributed by atoms with van der Waals surface area (Å²) in [6.07, 6.45) is 2.48. The normalized spacial score (nSPS) is 19.0. The number of piperazine rings is 1. The SMILES string of the molecule is NC(=O)c1cccc2cn(-c3ccc(N4CCN(Cc5cc(Br)c6c(c5)CN(C5CCC(=O)NC5=O)C6=O)CC4)cc3)nc12. The molecule has 1 atom stereocenters. The van der Waals surface area contributed by atoms with E-state index in [0.717, 1.165) is 65.1 Å². The average Bonchev–Trinajstić information content (AvgIpc) is 3.59. The number of aromatic nitrogens is 2. The second-order valence-electron chi connectivity index (χ2n) is 11.5. The third kappa shape index (κ3) is 5.13. The first kappa shape index (κ1) is 28.2. The van der Waals surface area contributed by atoms with Crippen LogP contribution in [0.5, 0.6) is 0 Å². The molecule has 4 aromatic rings. The van der Waals surface area contributed by atoms with Crippen molar-refractivity contribution in [2.24, 2.45) is 5.73 Å². The van der Waals surface area contributed by atoms with Gasteiger partial charge in [-0.05, 0) is 69.9 Å². The number of anilines is 1. The number of amides is 4. The fourth-order valence-electron chi connectivity index (χ4n) is 6.43. The van der Waals surface area contributed by atoms with E-state index >= 15 is 0 Å². The van der Waals surface area contributed by atoms with Crippen LogP contribution in [0.25, 0.3) is 16.6 Å². The van der Waals surface area contributed by atoms with Crippen molar-refractivity contribution in [3.05, 3.63) is 87.5 Å². The molecule has 11 nitrogen and oxygen atoms in total. The smallest absolute Gasteiger partial charge is 0.256 e. The topological polar surface area (TPSA) is 134 Å². The second kappa shape index (κ2) is 11.2. The van der Waals surface area contributed by atoms with Crippen molar-refractivity contribution in [3.63, 3.8) is 0 Å². The molecule has 4 amide bonds. The largest absolute Gasteiger partial charge is 0.369 e. The molecular weight excluding hydrogens is 626 g/mol. The highest BCUT2D eigenvalue weighted by atomic mass is 79.9. The lowest BCUT2D eigenvalue weighted by molar-refractivity contribution is -0.136. The van der Waals surface area contributed by atoms with Crippen molar-refractivity contribution < 1.29 is 19.2 Å². The van der Waals surface area contributed by atoms with Crippen LogP contribution >= 0.6 is 15.9 Å². The van der Waals surface area contributed by atoms with Crippen molar-refractivity contribution in [1.29, 1.82) is 0 Å². The fraction of sp³-hybridized carbons (Fsp3) is 0.281. The van der Waals surface area contributed by atoms with E-state index in [1.807, 2.05) is 30.5 Å². The monoisotopic (exact) mass is 655 g/mol. The Morgan fingerprint density at radius 1 is 1.00 bits per heavy atom. The Bertz CT molecular complexity index is 1830. The third-order valence-corrected chi connectivity index (χ3v) is 9.32. The van der Waals surface area contributed by atoms with E-state index < -0.39 is 17.9 Å². The first-order chi connectivity index (χ1) is 21.2. The number of fused-ring (bicyclic) bond motifs is 2. The second-order valence-corrected chi connectivity index (χ2v) is 12.3. The van der Waals surface area contributed by atoms with Gasteiger partial charge in [0, 0.05) is 67.4 Å². The molecule has 0 radical (unpaired) electrons. The summed E-state index contributed by atoms with van der Waals surface area (Å²) in [5.41, 5.74) is 11.2. The van der Waals surface area contributed by atoms with E-state index in [4.69, 9.17) is 5.73 Å². The van der Waals surface area contributed by atoms with Gasteiger partial charge in [0.25, 0.3) is 11.8 Å². The predicted octanol–water partition coefficient (Wildman–Crippen LogP) is 2.97. The first-order valence-electron chi connectivity index (χ1n) is 14.6. The highest BCUT2D eigenvalue weighted by Gasteiger charge is 2.40. The zero-order valence-corrected chi connectivity index (χ0v) is 25.4. The van der Waals surface area contributed by atoms with E-state index in [2.05, 4.69) is 54.3 Å². The van der Waals surface area contributed by atoms with Crippen LogP contribution in [-0.2, 0) is 22.7 Å². The van der Waals surface area contributed by atoms with Gasteiger partial charge in [0.1, 0.15) is 11.6 Å². The standard InChI is InChI=1S/C32H30BrN7O4/c33-25-15-19(14-21-17-39(32(44)28(21)25)26-8-9-27(41)35-31(26)43)16-37-10-12-38(13-11-37)22-4-6-23(7-5-22)40-18-20-2-1-3-24(30(34)42)29(20)36-40/h1-7,14-15,18,26H,8-13,16-17H2,(H2,34,42)(H,35,41,43). The predicted molar refractivity (Wildman–Crippen MR) is 167 cm³/mol. The van der Waals surface area contributed by atoms with Crippen LogP contribution in [0.15, 0.2) is 65.3 Å². The molecule has 12 heteroatoms. The van der Waals surface area contributed by atoms with E-state index in [0.29, 0.717) is 29.6 Å². The van der Waals surface area contributed by atoms with Crippen molar-refractivity contribution in [2.75, 3.05) is 31.1 Å². The van der Waals surface area contributed by atoms with Gasteiger partial charge in [-0.2, -0.15) is 5.10 Å². The number of hydrogen-bond acceptors (Lipinski definition) is 7. The number of nitrogens with two attached hydrogens (primary N) is 1. The molecule has 2 fully saturated rings. The van der Waals surface area contributed by atoms with Gasteiger partial charge in [-0.3, -0.25) is 29.4 Å². The number of benzene rings is 3. The Morgan fingerprint density at radius 2 is 1.75 bits per heavy atom. The molecule has 1 unspecified atom stereocenters. The minimum absolute atomic E-state index is 0.177. The Labute approximate surface area is 261 Å². The number of imide groups is 1. The van der Waals surface area contributed by atoms with Crippen molar-refractivity contribution in [2.45, 2.75) is 32.0 Å². The van der Waals surface area contributed by atoms with Gasteiger partial charge in [-0.1, -0.05) is 18.2 Å². The number of carbonyl (C=O) groups is 4. The summed E-state index contributed by atoms with van der Waals surface area (Å²) in [6.45, 7) is 4.64. The van der Waals surface area contributed by atoms with E-state index in [9.17, 15) is 19.2 Å². The number of nitrogens with zero attached hydrogens (tertiary/aromatic N) is 5. The Kier molecular flexibility index (Phi) is 7.17. The zero-order valence-electron chi connectivity index (χ0n) is 23.8. The van der Waals surface area contributed by atoms with E-state index in [1.165, 1.54) is 0 Å². The molecule has 0 aliphatic carbocycles. The van der Waals surface area contributed by atoms with Gasteiger partial charge in [0.2, 0.25) is 11.8 Å². The highest BCUT2D eigenvalue weighted by Crippen LogP contribution is 2.34. The number of halogens is 1. The molecule has 0 bridgehead atoms. The molecule has 44 heavy (non-hydrogen) atoms. The summed E-state index contributed by atoms with van der Waals surface area (Å²) in [7, 11) is 0. The van der Waals surface area contributed by atoms with Crippen molar-refractivity contribution in [3.8, 4) is 5.69 Å². The maximum absolute atomic E-state index is 13.2. The van der Waals surface area contributed by atoms with Gasteiger partial charge >= 0.3 is 0 Å². The minimum Gasteiger partial charge on any atom is -0.369 e. The van der Waals surface area contributed by atoms with Crippen LogP contribution in [0.1, 0.15) is 44.7 Å². The van der Waals surface area contributed by atoms with E-state index in [1.54, 1.807) is 21.7 Å². The summed E-state index contributed by atoms with van der Waals surface area (Å²) in [5.74, 6) is -1.37. The molecule has 3 aromatic carbocycles. The summed E-state index contributed by atoms with van der Waals surface area (Å²) >= 11 is 3.61. The lowest BCUT2D eigenvalue weighted by atomic mass is 10.0. The van der Waals surface area contributed by atoms with Crippen molar-refractivity contribution >= 4 is 56.1 Å². The molecule has 0 saturated carbocycles. The summed E-state index contributed by atoms with van der Waals surface area (Å²) in [4.78, 5) is 55.3. The van der Waals surface area contributed by atoms with Gasteiger partial charge in [0.15, 0.2) is 0 Å².